The van der Waals surface area contributed by atoms with Crippen LogP contribution in [0.5, 0.6) is 0 Å². The quantitative estimate of drug-likeness (QED) is 0.639. The third-order valence-corrected chi connectivity index (χ3v) is 5.17. The Morgan fingerprint density at radius 1 is 1.09 bits per heavy atom. The second-order valence-corrected chi connectivity index (χ2v) is 6.02. The molecule has 1 unspecified atom stereocenters. The lowest BCUT2D eigenvalue weighted by atomic mass is 9.69. The van der Waals surface area contributed by atoms with Crippen LogP contribution in [0.2, 0.25) is 0 Å². The number of aryl methyl sites for hydroxylation is 1. The summed E-state index contributed by atoms with van der Waals surface area (Å²) in [6.45, 7) is 5.19. The largest absolute Gasteiger partial charge is 0.440 e. The average molecular weight is 289 g/mol. The minimum Gasteiger partial charge on any atom is -0.440 e. The van der Waals surface area contributed by atoms with E-state index in [0.717, 1.165) is 17.7 Å². The lowest BCUT2D eigenvalue weighted by Gasteiger charge is -2.38. The molecule has 1 atom stereocenters. The average Bonchev–Trinajstić information content (AvgIpc) is 2.99. The number of rotatable bonds is 1. The molecule has 1 aliphatic carbocycles. The maximum atomic E-state index is 12.4. The molecule has 3 heteroatoms. The van der Waals surface area contributed by atoms with Crippen molar-refractivity contribution in [1.29, 1.82) is 0 Å². The molecule has 1 spiro atoms. The molecular weight excluding hydrogens is 274 g/mol. The zero-order valence-corrected chi connectivity index (χ0v) is 12.5. The fourth-order valence-electron chi connectivity index (χ4n) is 4.33. The lowest BCUT2D eigenvalue weighted by Crippen LogP contribution is -2.36. The van der Waals surface area contributed by atoms with Gasteiger partial charge in [-0.05, 0) is 26.0 Å². The Kier molecular flexibility index (Phi) is 1.98. The van der Waals surface area contributed by atoms with Gasteiger partial charge in [0.15, 0.2) is 5.60 Å². The van der Waals surface area contributed by atoms with Crippen LogP contribution >= 0.6 is 0 Å². The van der Waals surface area contributed by atoms with E-state index in [0.29, 0.717) is 5.56 Å². The first-order valence-corrected chi connectivity index (χ1v) is 7.65. The molecule has 108 valence electrons. The minimum atomic E-state index is -0.687. The summed E-state index contributed by atoms with van der Waals surface area (Å²) in [5, 5.41) is 1.26. The summed E-state index contributed by atoms with van der Waals surface area (Å²) in [7, 11) is 0. The van der Waals surface area contributed by atoms with Gasteiger partial charge in [-0.3, -0.25) is 0 Å². The summed E-state index contributed by atoms with van der Waals surface area (Å²) < 4.78 is 8.26. The zero-order chi connectivity index (χ0) is 15.1. The van der Waals surface area contributed by atoms with Gasteiger partial charge in [0, 0.05) is 39.8 Å². The van der Waals surface area contributed by atoms with Gasteiger partial charge in [0.25, 0.3) is 0 Å². The van der Waals surface area contributed by atoms with Crippen LogP contribution in [0.15, 0.2) is 42.5 Å². The van der Waals surface area contributed by atoms with Crippen LogP contribution in [0.25, 0.3) is 10.9 Å². The van der Waals surface area contributed by atoms with E-state index >= 15 is 0 Å². The number of ether oxygens (including phenoxy) is 1. The van der Waals surface area contributed by atoms with Crippen molar-refractivity contribution in [2.45, 2.75) is 26.0 Å². The van der Waals surface area contributed by atoms with Crippen LogP contribution in [0.4, 0.5) is 0 Å². The Labute approximate surface area is 128 Å². The first-order chi connectivity index (χ1) is 10.7. The van der Waals surface area contributed by atoms with E-state index in [4.69, 9.17) is 4.74 Å². The molecule has 3 aromatic rings. The van der Waals surface area contributed by atoms with Gasteiger partial charge in [0.05, 0.1) is 5.56 Å². The summed E-state index contributed by atoms with van der Waals surface area (Å²) in [5.74, 6) is -0.220. The van der Waals surface area contributed by atoms with E-state index in [1.165, 1.54) is 22.2 Å². The molecule has 1 aliphatic heterocycles. The third kappa shape index (κ3) is 1.04. The highest BCUT2D eigenvalue weighted by atomic mass is 16.6. The first kappa shape index (κ1) is 12.0. The van der Waals surface area contributed by atoms with E-state index in [-0.39, 0.29) is 5.97 Å². The molecule has 0 amide bonds. The normalized spacial score (nSPS) is 21.1. The predicted octanol–water partition coefficient (Wildman–Crippen LogP) is 3.75. The Bertz CT molecular complexity index is 983. The molecule has 1 aromatic heterocycles. The number of hydrogen-bond donors (Lipinski definition) is 0. The predicted molar refractivity (Wildman–Crippen MR) is 84.1 cm³/mol. The Balaban J connectivity index is 1.93. The molecule has 2 aliphatic rings. The molecule has 2 aromatic carbocycles. The molecule has 0 bridgehead atoms. The second kappa shape index (κ2) is 3.61. The smallest absolute Gasteiger partial charge is 0.340 e. The van der Waals surface area contributed by atoms with Crippen LogP contribution in [-0.2, 0) is 16.9 Å². The molecule has 5 rings (SSSR count). The van der Waals surface area contributed by atoms with Gasteiger partial charge in [-0.15, -0.1) is 0 Å². The number of benzene rings is 2. The topological polar surface area (TPSA) is 31.2 Å². The number of carbonyl (C=O) groups is 1. The standard InChI is InChI=1S/C19H15NO2/c1-3-20-11(2)17-16-14(9-6-10-15(16)20)19(17)13-8-5-4-7-12(13)18(21)22-19/h4-10H,3H2,1-2H3. The lowest BCUT2D eigenvalue weighted by molar-refractivity contribution is 0.0229. The monoisotopic (exact) mass is 289 g/mol. The minimum absolute atomic E-state index is 0.220. The van der Waals surface area contributed by atoms with Gasteiger partial charge in [-0.25, -0.2) is 4.79 Å². The second-order valence-electron chi connectivity index (χ2n) is 6.02. The zero-order valence-electron chi connectivity index (χ0n) is 12.5. The van der Waals surface area contributed by atoms with Crippen molar-refractivity contribution in [2.24, 2.45) is 0 Å². The van der Waals surface area contributed by atoms with Crippen molar-refractivity contribution >= 4 is 16.9 Å². The number of fused-ring (bicyclic) bond motifs is 4. The van der Waals surface area contributed by atoms with Gasteiger partial charge in [0.2, 0.25) is 0 Å². The van der Waals surface area contributed by atoms with Crippen molar-refractivity contribution in [2.75, 3.05) is 0 Å². The number of esters is 1. The van der Waals surface area contributed by atoms with Gasteiger partial charge in [-0.2, -0.15) is 0 Å². The van der Waals surface area contributed by atoms with Crippen LogP contribution < -0.4 is 0 Å². The van der Waals surface area contributed by atoms with Gasteiger partial charge >= 0.3 is 5.97 Å². The van der Waals surface area contributed by atoms with E-state index < -0.39 is 5.60 Å². The SMILES string of the molecule is CCn1c(C)c2c3c(cccc31)C21OC(=O)c2ccccc21. The van der Waals surface area contributed by atoms with Gasteiger partial charge in [-0.1, -0.05) is 30.3 Å². The third-order valence-electron chi connectivity index (χ3n) is 5.17. The van der Waals surface area contributed by atoms with Crippen molar-refractivity contribution in [3.63, 3.8) is 0 Å². The highest BCUT2D eigenvalue weighted by Crippen LogP contribution is 2.59. The number of carbonyl (C=O) groups excluding carboxylic acids is 1. The highest BCUT2D eigenvalue weighted by Gasteiger charge is 2.57. The van der Waals surface area contributed by atoms with Crippen LogP contribution in [0.3, 0.4) is 0 Å². The molecule has 22 heavy (non-hydrogen) atoms. The van der Waals surface area contributed by atoms with E-state index in [9.17, 15) is 4.79 Å². The fraction of sp³-hybridized carbons (Fsp3) is 0.211. The van der Waals surface area contributed by atoms with Crippen LogP contribution in [0, 0.1) is 6.92 Å². The van der Waals surface area contributed by atoms with Crippen LogP contribution in [0.1, 0.15) is 39.7 Å². The fourth-order valence-corrected chi connectivity index (χ4v) is 4.33. The molecule has 0 radical (unpaired) electrons. The summed E-state index contributed by atoms with van der Waals surface area (Å²) in [4.78, 5) is 12.4. The summed E-state index contributed by atoms with van der Waals surface area (Å²) >= 11 is 0. The maximum Gasteiger partial charge on any atom is 0.340 e. The Morgan fingerprint density at radius 2 is 1.86 bits per heavy atom. The molecule has 2 heterocycles. The van der Waals surface area contributed by atoms with E-state index in [1.807, 2.05) is 24.3 Å². The number of hydrogen-bond acceptors (Lipinski definition) is 2. The number of nitrogens with zero attached hydrogens (tertiary/aromatic N) is 1. The number of aromatic nitrogens is 1. The molecule has 0 saturated carbocycles. The summed E-state index contributed by atoms with van der Waals surface area (Å²) in [6, 6.07) is 14.0. The molecule has 3 nitrogen and oxygen atoms in total. The van der Waals surface area contributed by atoms with Crippen molar-refractivity contribution in [3.8, 4) is 0 Å². The summed E-state index contributed by atoms with van der Waals surface area (Å²) in [5.41, 5.74) is 5.70. The van der Waals surface area contributed by atoms with Crippen LogP contribution in [-0.4, -0.2) is 10.5 Å². The molecule has 0 N–H and O–H groups in total. The molecule has 0 saturated heterocycles. The Hall–Kier alpha value is -2.55. The summed E-state index contributed by atoms with van der Waals surface area (Å²) in [6.07, 6.45) is 0. The van der Waals surface area contributed by atoms with Crippen molar-refractivity contribution in [3.05, 3.63) is 70.4 Å². The van der Waals surface area contributed by atoms with Gasteiger partial charge in [0.1, 0.15) is 0 Å². The van der Waals surface area contributed by atoms with Crippen molar-refractivity contribution in [1.82, 2.24) is 4.57 Å². The maximum absolute atomic E-state index is 12.4. The van der Waals surface area contributed by atoms with Gasteiger partial charge < -0.3 is 9.30 Å². The highest BCUT2D eigenvalue weighted by molar-refractivity contribution is 6.05. The molecular formula is C19H15NO2. The van der Waals surface area contributed by atoms with Crippen molar-refractivity contribution < 1.29 is 9.53 Å². The first-order valence-electron chi connectivity index (χ1n) is 7.65. The van der Waals surface area contributed by atoms with E-state index in [1.54, 1.807) is 0 Å². The van der Waals surface area contributed by atoms with E-state index in [2.05, 4.69) is 36.6 Å². The molecule has 0 fully saturated rings. The Morgan fingerprint density at radius 3 is 2.68 bits per heavy atom.